The zero-order valence-electron chi connectivity index (χ0n) is 12.1. The van der Waals surface area contributed by atoms with Crippen LogP contribution in [0.2, 0.25) is 0 Å². The van der Waals surface area contributed by atoms with Crippen molar-refractivity contribution in [3.8, 4) is 0 Å². The van der Waals surface area contributed by atoms with Crippen LogP contribution in [0.4, 0.5) is 9.18 Å². The fourth-order valence-corrected chi connectivity index (χ4v) is 2.23. The van der Waals surface area contributed by atoms with Crippen molar-refractivity contribution >= 4 is 6.09 Å². The number of nitrogens with one attached hydrogen (secondary N) is 2. The third-order valence-electron chi connectivity index (χ3n) is 3.24. The molecule has 1 aliphatic carbocycles. The lowest BCUT2D eigenvalue weighted by Crippen LogP contribution is -2.50. The van der Waals surface area contributed by atoms with Crippen LogP contribution in [0.3, 0.4) is 0 Å². The Balaban J connectivity index is 1.71. The van der Waals surface area contributed by atoms with E-state index >= 15 is 0 Å². The molecule has 0 aliphatic heterocycles. The fraction of sp³-hybridized carbons (Fsp3) is 0.533. The zero-order chi connectivity index (χ0) is 14.8. The van der Waals surface area contributed by atoms with Crippen LogP contribution in [0.25, 0.3) is 0 Å². The number of carbonyl (C=O) groups excluding carboxylic acids is 1. The number of amides is 1. The van der Waals surface area contributed by atoms with E-state index in [9.17, 15) is 9.18 Å². The number of hydrogen-bond donors (Lipinski definition) is 2. The molecule has 2 rings (SSSR count). The number of rotatable bonds is 3. The van der Waals surface area contributed by atoms with Crippen LogP contribution >= 0.6 is 0 Å². The maximum absolute atomic E-state index is 13.1. The van der Waals surface area contributed by atoms with Crippen LogP contribution in [-0.4, -0.2) is 17.7 Å². The molecule has 1 fully saturated rings. The van der Waals surface area contributed by atoms with Gasteiger partial charge in [-0.2, -0.15) is 0 Å². The number of carbonyl (C=O) groups is 1. The van der Waals surface area contributed by atoms with Gasteiger partial charge >= 0.3 is 6.09 Å². The van der Waals surface area contributed by atoms with E-state index in [0.29, 0.717) is 5.92 Å². The van der Waals surface area contributed by atoms with Crippen LogP contribution in [0.15, 0.2) is 24.3 Å². The Morgan fingerprint density at radius 3 is 2.65 bits per heavy atom. The molecule has 0 saturated heterocycles. The molecule has 0 heterocycles. The van der Waals surface area contributed by atoms with Crippen molar-refractivity contribution in [2.75, 3.05) is 0 Å². The number of ether oxygens (including phenoxy) is 1. The highest BCUT2D eigenvalue weighted by molar-refractivity contribution is 5.67. The minimum Gasteiger partial charge on any atom is -0.443 e. The van der Waals surface area contributed by atoms with Gasteiger partial charge < -0.3 is 4.74 Å². The maximum atomic E-state index is 13.1. The minimum atomic E-state index is -0.504. The standard InChI is InChI=1S/C15H21FN2O2/c1-15(2,3)20-14(19)18-17-13-8-11(9-13)10-5-4-6-12(16)7-10/h4-7,11,13,17H,8-9H2,1-3H3,(H,18,19). The minimum absolute atomic E-state index is 0.203. The molecule has 0 spiro atoms. The van der Waals surface area contributed by atoms with Crippen molar-refractivity contribution in [1.29, 1.82) is 0 Å². The second-order valence-electron chi connectivity index (χ2n) is 6.19. The molecule has 0 atom stereocenters. The molecule has 20 heavy (non-hydrogen) atoms. The van der Waals surface area contributed by atoms with E-state index in [1.54, 1.807) is 12.1 Å². The molecule has 1 saturated carbocycles. The van der Waals surface area contributed by atoms with E-state index in [4.69, 9.17) is 4.74 Å². The van der Waals surface area contributed by atoms with Gasteiger partial charge in [0.2, 0.25) is 0 Å². The van der Waals surface area contributed by atoms with Gasteiger partial charge in [0, 0.05) is 6.04 Å². The first-order valence-corrected chi connectivity index (χ1v) is 6.83. The smallest absolute Gasteiger partial charge is 0.422 e. The van der Waals surface area contributed by atoms with Gasteiger partial charge in [-0.05, 0) is 57.2 Å². The van der Waals surface area contributed by atoms with Crippen LogP contribution in [0.5, 0.6) is 0 Å². The van der Waals surface area contributed by atoms with E-state index in [0.717, 1.165) is 18.4 Å². The summed E-state index contributed by atoms with van der Waals surface area (Å²) in [5.74, 6) is 0.148. The molecule has 1 aromatic carbocycles. The van der Waals surface area contributed by atoms with E-state index < -0.39 is 11.7 Å². The molecule has 1 aromatic rings. The summed E-state index contributed by atoms with van der Waals surface area (Å²) in [6.45, 7) is 5.45. The van der Waals surface area contributed by atoms with E-state index in [-0.39, 0.29) is 11.9 Å². The topological polar surface area (TPSA) is 50.4 Å². The van der Waals surface area contributed by atoms with E-state index in [1.165, 1.54) is 6.07 Å². The first-order chi connectivity index (χ1) is 9.33. The van der Waals surface area contributed by atoms with Crippen LogP contribution in [0, 0.1) is 5.82 Å². The number of hydrogen-bond acceptors (Lipinski definition) is 3. The molecule has 0 aromatic heterocycles. The van der Waals surface area contributed by atoms with Crippen LogP contribution in [0.1, 0.15) is 45.1 Å². The second kappa shape index (κ2) is 5.79. The lowest BCUT2D eigenvalue weighted by atomic mass is 9.76. The number of benzene rings is 1. The molecule has 5 heteroatoms. The average molecular weight is 280 g/mol. The van der Waals surface area contributed by atoms with Crippen molar-refractivity contribution in [2.24, 2.45) is 0 Å². The molecule has 0 unspecified atom stereocenters. The Kier molecular flexibility index (Phi) is 4.28. The van der Waals surface area contributed by atoms with Gasteiger partial charge in [-0.25, -0.2) is 14.6 Å². The molecule has 1 aliphatic rings. The van der Waals surface area contributed by atoms with E-state index in [2.05, 4.69) is 10.9 Å². The summed E-state index contributed by atoms with van der Waals surface area (Å²) in [5.41, 5.74) is 5.99. The lowest BCUT2D eigenvalue weighted by molar-refractivity contribution is 0.0471. The highest BCUT2D eigenvalue weighted by Gasteiger charge is 2.31. The van der Waals surface area contributed by atoms with Crippen LogP contribution < -0.4 is 10.9 Å². The summed E-state index contributed by atoms with van der Waals surface area (Å²) in [5, 5.41) is 0. The Hall–Kier alpha value is -1.62. The van der Waals surface area contributed by atoms with E-state index in [1.807, 2.05) is 26.8 Å². The Morgan fingerprint density at radius 2 is 2.05 bits per heavy atom. The highest BCUT2D eigenvalue weighted by atomic mass is 19.1. The predicted octanol–water partition coefficient (Wildman–Crippen LogP) is 3.10. The largest absolute Gasteiger partial charge is 0.443 e. The first-order valence-electron chi connectivity index (χ1n) is 6.83. The quantitative estimate of drug-likeness (QED) is 0.836. The Bertz CT molecular complexity index is 479. The normalized spacial score (nSPS) is 22.0. The summed E-state index contributed by atoms with van der Waals surface area (Å²) < 4.78 is 18.2. The molecule has 1 amide bonds. The molecular weight excluding hydrogens is 259 g/mol. The molecule has 0 bridgehead atoms. The van der Waals surface area contributed by atoms with Gasteiger partial charge in [-0.1, -0.05) is 12.1 Å². The first kappa shape index (κ1) is 14.8. The summed E-state index contributed by atoms with van der Waals surface area (Å²) >= 11 is 0. The number of halogens is 1. The molecule has 2 N–H and O–H groups in total. The summed E-state index contributed by atoms with van der Waals surface area (Å²) in [6.07, 6.45) is 1.27. The monoisotopic (exact) mass is 280 g/mol. The Morgan fingerprint density at radius 1 is 1.35 bits per heavy atom. The van der Waals surface area contributed by atoms with Crippen molar-refractivity contribution in [1.82, 2.24) is 10.9 Å². The second-order valence-corrected chi connectivity index (χ2v) is 6.19. The SMILES string of the molecule is CC(C)(C)OC(=O)NNC1CC(c2cccc(F)c2)C1. The molecule has 0 radical (unpaired) electrons. The maximum Gasteiger partial charge on any atom is 0.422 e. The summed E-state index contributed by atoms with van der Waals surface area (Å²) in [7, 11) is 0. The summed E-state index contributed by atoms with van der Waals surface area (Å²) in [6, 6.07) is 6.88. The van der Waals surface area contributed by atoms with Crippen molar-refractivity contribution in [2.45, 2.75) is 51.2 Å². The van der Waals surface area contributed by atoms with Crippen molar-refractivity contribution in [3.63, 3.8) is 0 Å². The zero-order valence-corrected chi connectivity index (χ0v) is 12.1. The lowest BCUT2D eigenvalue weighted by Gasteiger charge is -2.36. The van der Waals surface area contributed by atoms with Gasteiger partial charge in [0.1, 0.15) is 11.4 Å². The summed E-state index contributed by atoms with van der Waals surface area (Å²) in [4.78, 5) is 11.5. The highest BCUT2D eigenvalue weighted by Crippen LogP contribution is 2.36. The van der Waals surface area contributed by atoms with Gasteiger partial charge in [0.05, 0.1) is 0 Å². The molecule has 4 nitrogen and oxygen atoms in total. The van der Waals surface area contributed by atoms with Gasteiger partial charge in [-0.15, -0.1) is 0 Å². The Labute approximate surface area is 118 Å². The average Bonchev–Trinajstić information content (AvgIpc) is 2.24. The molecular formula is C15H21FN2O2. The van der Waals surface area contributed by atoms with Crippen LogP contribution in [-0.2, 0) is 4.74 Å². The fourth-order valence-electron chi connectivity index (χ4n) is 2.23. The van der Waals surface area contributed by atoms with Gasteiger partial charge in [0.25, 0.3) is 0 Å². The predicted molar refractivity (Wildman–Crippen MR) is 74.7 cm³/mol. The van der Waals surface area contributed by atoms with Crippen molar-refractivity contribution < 1.29 is 13.9 Å². The van der Waals surface area contributed by atoms with Gasteiger partial charge in [0.15, 0.2) is 0 Å². The molecule has 110 valence electrons. The van der Waals surface area contributed by atoms with Gasteiger partial charge in [-0.3, -0.25) is 5.43 Å². The third-order valence-corrected chi connectivity index (χ3v) is 3.24. The third kappa shape index (κ3) is 4.20. The number of hydrazine groups is 1. The van der Waals surface area contributed by atoms with Crippen molar-refractivity contribution in [3.05, 3.63) is 35.6 Å².